The van der Waals surface area contributed by atoms with Gasteiger partial charge in [0.05, 0.1) is 0 Å². The Hall–Kier alpha value is -1.31. The smallest absolute Gasteiger partial charge is 0.220 e. The van der Waals surface area contributed by atoms with Crippen LogP contribution in [0, 0.1) is 0 Å². The number of piperidine rings is 1. The molecule has 2 heteroatoms. The van der Waals surface area contributed by atoms with Crippen LogP contribution in [-0.4, -0.2) is 12.5 Å². The van der Waals surface area contributed by atoms with Crippen LogP contribution in [0.1, 0.15) is 36.8 Å². The summed E-state index contributed by atoms with van der Waals surface area (Å²) < 4.78 is 0. The lowest BCUT2D eigenvalue weighted by Gasteiger charge is -2.22. The molecule has 1 aliphatic heterocycles. The lowest BCUT2D eigenvalue weighted by Crippen LogP contribution is -2.32. The summed E-state index contributed by atoms with van der Waals surface area (Å²) in [4.78, 5) is 11.3. The number of hydrogen-bond donors (Lipinski definition) is 1. The lowest BCUT2D eigenvalue weighted by atomic mass is 9.89. The van der Waals surface area contributed by atoms with Gasteiger partial charge in [0.15, 0.2) is 0 Å². The van der Waals surface area contributed by atoms with E-state index in [0.717, 1.165) is 19.4 Å². The summed E-state index contributed by atoms with van der Waals surface area (Å²) in [6, 6.07) is 8.67. The van der Waals surface area contributed by atoms with Crippen molar-refractivity contribution in [3.8, 4) is 0 Å². The van der Waals surface area contributed by atoms with Gasteiger partial charge in [-0.15, -0.1) is 0 Å². The van der Waals surface area contributed by atoms with Crippen LogP contribution in [0.4, 0.5) is 0 Å². The molecule has 1 unspecified atom stereocenters. The monoisotopic (exact) mass is 203 g/mol. The third-order valence-corrected chi connectivity index (χ3v) is 3.11. The minimum atomic E-state index is 0.186. The second kappa shape index (κ2) is 4.47. The third kappa shape index (κ3) is 2.38. The quantitative estimate of drug-likeness (QED) is 0.784. The molecule has 80 valence electrons. The summed E-state index contributed by atoms with van der Waals surface area (Å²) in [6.07, 6.45) is 2.79. The van der Waals surface area contributed by atoms with Gasteiger partial charge < -0.3 is 5.32 Å². The normalized spacial score (nSPS) is 21.1. The standard InChI is InChI=1S/C13H17NO/c1-2-10-3-5-11(6-4-10)12-7-8-14-13(15)9-12/h3-6,12H,2,7-9H2,1H3,(H,14,15). The molecule has 1 fully saturated rings. The maximum atomic E-state index is 11.3. The van der Waals surface area contributed by atoms with Crippen LogP contribution < -0.4 is 5.32 Å². The van der Waals surface area contributed by atoms with E-state index >= 15 is 0 Å². The molecule has 0 aliphatic carbocycles. The van der Waals surface area contributed by atoms with E-state index in [4.69, 9.17) is 0 Å². The van der Waals surface area contributed by atoms with Gasteiger partial charge in [0.2, 0.25) is 5.91 Å². The molecule has 0 aromatic heterocycles. The molecule has 2 nitrogen and oxygen atoms in total. The molecular formula is C13H17NO. The number of hydrogen-bond acceptors (Lipinski definition) is 1. The average Bonchev–Trinajstić information content (AvgIpc) is 2.29. The molecule has 1 aromatic carbocycles. The van der Waals surface area contributed by atoms with Crippen LogP contribution in [0.25, 0.3) is 0 Å². The largest absolute Gasteiger partial charge is 0.356 e. The number of carbonyl (C=O) groups excluding carboxylic acids is 1. The van der Waals surface area contributed by atoms with Crippen LogP contribution in [0.5, 0.6) is 0 Å². The molecule has 1 amide bonds. The Bertz CT molecular complexity index is 342. The fourth-order valence-corrected chi connectivity index (χ4v) is 2.09. The van der Waals surface area contributed by atoms with Gasteiger partial charge in [0.25, 0.3) is 0 Å². The van der Waals surface area contributed by atoms with Crippen LogP contribution >= 0.6 is 0 Å². The van der Waals surface area contributed by atoms with E-state index in [0.29, 0.717) is 12.3 Å². The SMILES string of the molecule is CCc1ccc(C2CCNC(=O)C2)cc1. The molecule has 1 N–H and O–H groups in total. The van der Waals surface area contributed by atoms with Crippen molar-refractivity contribution in [1.29, 1.82) is 0 Å². The molecule has 1 atom stereocenters. The zero-order chi connectivity index (χ0) is 10.7. The fourth-order valence-electron chi connectivity index (χ4n) is 2.09. The molecule has 1 aliphatic rings. The predicted octanol–water partition coefficient (Wildman–Crippen LogP) is 2.24. The van der Waals surface area contributed by atoms with Crippen molar-refractivity contribution in [2.75, 3.05) is 6.54 Å². The first-order chi connectivity index (χ1) is 7.29. The predicted molar refractivity (Wildman–Crippen MR) is 60.8 cm³/mol. The first kappa shape index (κ1) is 10.2. The highest BCUT2D eigenvalue weighted by Crippen LogP contribution is 2.25. The molecule has 1 aromatic rings. The first-order valence-electron chi connectivity index (χ1n) is 5.65. The summed E-state index contributed by atoms with van der Waals surface area (Å²) in [5, 5.41) is 2.87. The molecular weight excluding hydrogens is 186 g/mol. The van der Waals surface area contributed by atoms with Crippen molar-refractivity contribution >= 4 is 5.91 Å². The molecule has 0 spiro atoms. The van der Waals surface area contributed by atoms with Gasteiger partial charge >= 0.3 is 0 Å². The summed E-state index contributed by atoms with van der Waals surface area (Å²) in [7, 11) is 0. The van der Waals surface area contributed by atoms with Gasteiger partial charge in [-0.3, -0.25) is 4.79 Å². The third-order valence-electron chi connectivity index (χ3n) is 3.11. The zero-order valence-corrected chi connectivity index (χ0v) is 9.12. The number of rotatable bonds is 2. The van der Waals surface area contributed by atoms with Gasteiger partial charge in [-0.25, -0.2) is 0 Å². The molecule has 0 radical (unpaired) electrons. The Balaban J connectivity index is 2.11. The Morgan fingerprint density at radius 2 is 2.07 bits per heavy atom. The van der Waals surface area contributed by atoms with E-state index in [-0.39, 0.29) is 5.91 Å². The first-order valence-corrected chi connectivity index (χ1v) is 5.65. The number of amides is 1. The number of aryl methyl sites for hydroxylation is 1. The van der Waals surface area contributed by atoms with Gasteiger partial charge in [-0.2, -0.15) is 0 Å². The Kier molecular flexibility index (Phi) is 3.05. The van der Waals surface area contributed by atoms with E-state index in [1.54, 1.807) is 0 Å². The van der Waals surface area contributed by atoms with E-state index in [2.05, 4.69) is 36.5 Å². The summed E-state index contributed by atoms with van der Waals surface area (Å²) in [5.74, 6) is 0.607. The second-order valence-corrected chi connectivity index (χ2v) is 4.13. The fraction of sp³-hybridized carbons (Fsp3) is 0.462. The van der Waals surface area contributed by atoms with Gasteiger partial charge in [0.1, 0.15) is 0 Å². The van der Waals surface area contributed by atoms with Crippen LogP contribution in [-0.2, 0) is 11.2 Å². The topological polar surface area (TPSA) is 29.1 Å². The van der Waals surface area contributed by atoms with Gasteiger partial charge in [0, 0.05) is 13.0 Å². The highest BCUT2D eigenvalue weighted by atomic mass is 16.1. The van der Waals surface area contributed by atoms with Crippen molar-refractivity contribution < 1.29 is 4.79 Å². The minimum absolute atomic E-state index is 0.186. The lowest BCUT2D eigenvalue weighted by molar-refractivity contribution is -0.122. The van der Waals surface area contributed by atoms with Crippen molar-refractivity contribution in [2.24, 2.45) is 0 Å². The molecule has 0 saturated carbocycles. The summed E-state index contributed by atoms with van der Waals surface area (Å²) in [5.41, 5.74) is 2.67. The van der Waals surface area contributed by atoms with E-state index in [9.17, 15) is 4.79 Å². The highest BCUT2D eigenvalue weighted by Gasteiger charge is 2.20. The van der Waals surface area contributed by atoms with E-state index in [1.165, 1.54) is 11.1 Å². The summed E-state index contributed by atoms with van der Waals surface area (Å²) >= 11 is 0. The minimum Gasteiger partial charge on any atom is -0.356 e. The van der Waals surface area contributed by atoms with Crippen LogP contribution in [0.3, 0.4) is 0 Å². The van der Waals surface area contributed by atoms with E-state index in [1.807, 2.05) is 0 Å². The Morgan fingerprint density at radius 3 is 2.67 bits per heavy atom. The van der Waals surface area contributed by atoms with Gasteiger partial charge in [-0.05, 0) is 29.9 Å². The van der Waals surface area contributed by atoms with Crippen LogP contribution in [0.15, 0.2) is 24.3 Å². The Labute approximate surface area is 90.7 Å². The van der Waals surface area contributed by atoms with Crippen molar-refractivity contribution in [3.63, 3.8) is 0 Å². The molecule has 2 rings (SSSR count). The van der Waals surface area contributed by atoms with Crippen molar-refractivity contribution in [1.82, 2.24) is 5.32 Å². The van der Waals surface area contributed by atoms with Gasteiger partial charge in [-0.1, -0.05) is 31.2 Å². The molecule has 0 bridgehead atoms. The Morgan fingerprint density at radius 1 is 1.33 bits per heavy atom. The summed E-state index contributed by atoms with van der Waals surface area (Å²) in [6.45, 7) is 2.97. The molecule has 15 heavy (non-hydrogen) atoms. The number of carbonyl (C=O) groups is 1. The van der Waals surface area contributed by atoms with Crippen molar-refractivity contribution in [3.05, 3.63) is 35.4 Å². The second-order valence-electron chi connectivity index (χ2n) is 4.13. The molecule has 1 saturated heterocycles. The highest BCUT2D eigenvalue weighted by molar-refractivity contribution is 5.77. The van der Waals surface area contributed by atoms with E-state index < -0.39 is 0 Å². The maximum absolute atomic E-state index is 11.3. The zero-order valence-electron chi connectivity index (χ0n) is 9.12. The van der Waals surface area contributed by atoms with Crippen LogP contribution in [0.2, 0.25) is 0 Å². The van der Waals surface area contributed by atoms with Crippen molar-refractivity contribution in [2.45, 2.75) is 32.1 Å². The number of nitrogens with one attached hydrogen (secondary N) is 1. The average molecular weight is 203 g/mol. The number of benzene rings is 1. The maximum Gasteiger partial charge on any atom is 0.220 e. The molecule has 1 heterocycles.